The zero-order valence-electron chi connectivity index (χ0n) is 17.5. The molecule has 0 spiro atoms. The summed E-state index contributed by atoms with van der Waals surface area (Å²) in [7, 11) is -3.66. The van der Waals surface area contributed by atoms with Crippen LogP contribution in [0.4, 0.5) is 5.69 Å². The van der Waals surface area contributed by atoms with Gasteiger partial charge in [-0.1, -0.05) is 72.3 Å². The third kappa shape index (κ3) is 5.51. The molecule has 0 aliphatic carbocycles. The number of benzene rings is 4. The van der Waals surface area contributed by atoms with Gasteiger partial charge in [0.2, 0.25) is 0 Å². The largest absolute Gasteiger partial charge is 0.312 e. The van der Waals surface area contributed by atoms with E-state index in [0.717, 1.165) is 29.3 Å². The summed E-state index contributed by atoms with van der Waals surface area (Å²) in [5, 5.41) is 5.35. The number of aryl methyl sites for hydroxylation is 1. The minimum Gasteiger partial charge on any atom is -0.312 e. The maximum atomic E-state index is 12.9. The fourth-order valence-electron chi connectivity index (χ4n) is 3.63. The Kier molecular flexibility index (Phi) is 6.35. The van der Waals surface area contributed by atoms with Crippen molar-refractivity contribution in [2.24, 2.45) is 0 Å². The van der Waals surface area contributed by atoms with E-state index in [1.54, 1.807) is 18.2 Å². The van der Waals surface area contributed by atoms with E-state index in [1.165, 1.54) is 11.1 Å². The lowest BCUT2D eigenvalue weighted by Crippen LogP contribution is -2.17. The molecule has 0 atom stereocenters. The standard InChI is InChI=1S/C26H26N2O2S/c1-20-6-4-7-21(16-20)14-15-27-19-22-8-5-11-25(17-22)28-31(29,30)26-13-12-23-9-2-3-10-24(23)18-26/h2-13,16-18,27-28H,14-15,19H2,1H3. The summed E-state index contributed by atoms with van der Waals surface area (Å²) in [4.78, 5) is 0.257. The Morgan fingerprint density at radius 1 is 0.742 bits per heavy atom. The zero-order chi connectivity index (χ0) is 21.7. The summed E-state index contributed by atoms with van der Waals surface area (Å²) in [5.41, 5.74) is 4.17. The summed E-state index contributed by atoms with van der Waals surface area (Å²) in [5.74, 6) is 0. The van der Waals surface area contributed by atoms with Gasteiger partial charge in [-0.3, -0.25) is 4.72 Å². The van der Waals surface area contributed by atoms with Crippen LogP contribution in [0.3, 0.4) is 0 Å². The van der Waals surface area contributed by atoms with E-state index in [1.807, 2.05) is 48.5 Å². The molecule has 0 saturated carbocycles. The van der Waals surface area contributed by atoms with Gasteiger partial charge in [-0.15, -0.1) is 0 Å². The van der Waals surface area contributed by atoms with Crippen LogP contribution in [0.15, 0.2) is 95.9 Å². The van der Waals surface area contributed by atoms with Crippen molar-refractivity contribution in [3.8, 4) is 0 Å². The topological polar surface area (TPSA) is 58.2 Å². The van der Waals surface area contributed by atoms with E-state index in [9.17, 15) is 8.42 Å². The second-order valence-electron chi connectivity index (χ2n) is 7.73. The third-order valence-electron chi connectivity index (χ3n) is 5.21. The molecule has 0 bridgehead atoms. The summed E-state index contributed by atoms with van der Waals surface area (Å²) >= 11 is 0. The molecular formula is C26H26N2O2S. The van der Waals surface area contributed by atoms with E-state index >= 15 is 0 Å². The molecule has 0 saturated heterocycles. The van der Waals surface area contributed by atoms with Crippen molar-refractivity contribution >= 4 is 26.5 Å². The second-order valence-corrected chi connectivity index (χ2v) is 9.41. The van der Waals surface area contributed by atoms with Crippen LogP contribution >= 0.6 is 0 Å². The number of anilines is 1. The average molecular weight is 431 g/mol. The number of sulfonamides is 1. The monoisotopic (exact) mass is 430 g/mol. The van der Waals surface area contributed by atoms with E-state index in [0.29, 0.717) is 12.2 Å². The van der Waals surface area contributed by atoms with E-state index in [4.69, 9.17) is 0 Å². The predicted molar refractivity (Wildman–Crippen MR) is 128 cm³/mol. The fourth-order valence-corrected chi connectivity index (χ4v) is 4.71. The van der Waals surface area contributed by atoms with Crippen molar-refractivity contribution in [2.45, 2.75) is 24.8 Å². The van der Waals surface area contributed by atoms with Crippen LogP contribution in [0.25, 0.3) is 10.8 Å². The minimum atomic E-state index is -3.66. The number of fused-ring (bicyclic) bond motifs is 1. The summed E-state index contributed by atoms with van der Waals surface area (Å²) in [6.45, 7) is 3.63. The first kappa shape index (κ1) is 21.1. The molecule has 0 amide bonds. The van der Waals surface area contributed by atoms with Gasteiger partial charge in [0.15, 0.2) is 0 Å². The smallest absolute Gasteiger partial charge is 0.261 e. The second kappa shape index (κ2) is 9.33. The minimum absolute atomic E-state index is 0.257. The Hall–Kier alpha value is -3.15. The van der Waals surface area contributed by atoms with Gasteiger partial charge in [-0.05, 0) is 66.1 Å². The third-order valence-corrected chi connectivity index (χ3v) is 6.59. The molecule has 4 aromatic carbocycles. The lowest BCUT2D eigenvalue weighted by atomic mass is 10.1. The Morgan fingerprint density at radius 3 is 2.35 bits per heavy atom. The van der Waals surface area contributed by atoms with Crippen molar-refractivity contribution in [2.75, 3.05) is 11.3 Å². The maximum Gasteiger partial charge on any atom is 0.261 e. The predicted octanol–water partition coefficient (Wildman–Crippen LogP) is 5.28. The van der Waals surface area contributed by atoms with Gasteiger partial charge in [0.05, 0.1) is 4.90 Å². The quantitative estimate of drug-likeness (QED) is 0.374. The van der Waals surface area contributed by atoms with Crippen molar-refractivity contribution in [3.05, 3.63) is 108 Å². The molecule has 4 aromatic rings. The Labute approximate surface area is 184 Å². The molecule has 4 rings (SSSR count). The molecule has 158 valence electrons. The first-order valence-corrected chi connectivity index (χ1v) is 11.8. The molecule has 0 radical (unpaired) electrons. The summed E-state index contributed by atoms with van der Waals surface area (Å²) in [6, 6.07) is 28.9. The van der Waals surface area contributed by atoms with Gasteiger partial charge in [-0.2, -0.15) is 0 Å². The lowest BCUT2D eigenvalue weighted by molar-refractivity contribution is 0.601. The number of rotatable bonds is 8. The summed E-state index contributed by atoms with van der Waals surface area (Å²) in [6.07, 6.45) is 0.954. The van der Waals surface area contributed by atoms with Crippen LogP contribution in [0, 0.1) is 6.92 Å². The van der Waals surface area contributed by atoms with E-state index in [-0.39, 0.29) is 4.90 Å². The first-order chi connectivity index (χ1) is 15.0. The highest BCUT2D eigenvalue weighted by Gasteiger charge is 2.14. The van der Waals surface area contributed by atoms with Crippen LogP contribution in [0.5, 0.6) is 0 Å². The number of hydrogen-bond acceptors (Lipinski definition) is 3. The molecule has 0 unspecified atom stereocenters. The van der Waals surface area contributed by atoms with Crippen molar-refractivity contribution in [3.63, 3.8) is 0 Å². The molecule has 4 nitrogen and oxygen atoms in total. The van der Waals surface area contributed by atoms with Crippen molar-refractivity contribution < 1.29 is 8.42 Å². The van der Waals surface area contributed by atoms with Crippen molar-refractivity contribution in [1.29, 1.82) is 0 Å². The highest BCUT2D eigenvalue weighted by molar-refractivity contribution is 7.92. The van der Waals surface area contributed by atoms with Crippen LogP contribution in [0.2, 0.25) is 0 Å². The molecule has 2 N–H and O–H groups in total. The molecule has 0 heterocycles. The normalized spacial score (nSPS) is 11.5. The van der Waals surface area contributed by atoms with Gasteiger partial charge in [0, 0.05) is 12.2 Å². The van der Waals surface area contributed by atoms with Gasteiger partial charge in [0.25, 0.3) is 10.0 Å². The molecule has 0 fully saturated rings. The fraction of sp³-hybridized carbons (Fsp3) is 0.154. The van der Waals surface area contributed by atoms with Crippen molar-refractivity contribution in [1.82, 2.24) is 5.32 Å². The van der Waals surface area contributed by atoms with Crippen LogP contribution in [-0.2, 0) is 23.0 Å². The number of hydrogen-bond donors (Lipinski definition) is 2. The number of nitrogens with one attached hydrogen (secondary N) is 2. The maximum absolute atomic E-state index is 12.9. The SMILES string of the molecule is Cc1cccc(CCNCc2cccc(NS(=O)(=O)c3ccc4ccccc4c3)c2)c1. The molecule has 5 heteroatoms. The highest BCUT2D eigenvalue weighted by Crippen LogP contribution is 2.22. The molecule has 0 aliphatic heterocycles. The van der Waals surface area contributed by atoms with Gasteiger partial charge in [0.1, 0.15) is 0 Å². The molecule has 0 aliphatic rings. The lowest BCUT2D eigenvalue weighted by Gasteiger charge is -2.11. The van der Waals surface area contributed by atoms with Crippen LogP contribution in [0.1, 0.15) is 16.7 Å². The van der Waals surface area contributed by atoms with E-state index in [2.05, 4.69) is 41.2 Å². The van der Waals surface area contributed by atoms with Crippen LogP contribution in [-0.4, -0.2) is 15.0 Å². The van der Waals surface area contributed by atoms with Gasteiger partial charge in [-0.25, -0.2) is 8.42 Å². The Balaban J connectivity index is 1.39. The van der Waals surface area contributed by atoms with Gasteiger partial charge < -0.3 is 5.32 Å². The highest BCUT2D eigenvalue weighted by atomic mass is 32.2. The Morgan fingerprint density at radius 2 is 1.52 bits per heavy atom. The molecule has 31 heavy (non-hydrogen) atoms. The van der Waals surface area contributed by atoms with Gasteiger partial charge >= 0.3 is 0 Å². The zero-order valence-corrected chi connectivity index (χ0v) is 18.3. The first-order valence-electron chi connectivity index (χ1n) is 10.4. The Bertz CT molecular complexity index is 1300. The summed E-state index contributed by atoms with van der Waals surface area (Å²) < 4.78 is 28.5. The molecule has 0 aromatic heterocycles. The molecular weight excluding hydrogens is 404 g/mol. The van der Waals surface area contributed by atoms with Crippen LogP contribution < -0.4 is 10.0 Å². The van der Waals surface area contributed by atoms with E-state index < -0.39 is 10.0 Å². The average Bonchev–Trinajstić information content (AvgIpc) is 2.76.